The van der Waals surface area contributed by atoms with Gasteiger partial charge in [-0.1, -0.05) is 0 Å². The van der Waals surface area contributed by atoms with Gasteiger partial charge in [0.15, 0.2) is 0 Å². The highest BCUT2D eigenvalue weighted by Gasteiger charge is 2.54. The third-order valence-electron chi connectivity index (χ3n) is 3.55. The van der Waals surface area contributed by atoms with Gasteiger partial charge < -0.3 is 5.11 Å². The predicted octanol–water partition coefficient (Wildman–Crippen LogP) is 1.13. The van der Waals surface area contributed by atoms with E-state index in [-0.39, 0.29) is 17.3 Å². The SMILES string of the molecule is CC(=O)C12CCC(CC1O)C2. The molecule has 2 heteroatoms. The van der Waals surface area contributed by atoms with E-state index in [9.17, 15) is 9.90 Å². The summed E-state index contributed by atoms with van der Waals surface area (Å²) in [6.45, 7) is 1.62. The fraction of sp³-hybridized carbons (Fsp3) is 0.889. The summed E-state index contributed by atoms with van der Waals surface area (Å²) in [6.07, 6.45) is 3.55. The number of Topliss-reactive ketones (excluding diaryl/α,β-unsaturated/α-hetero) is 1. The van der Waals surface area contributed by atoms with Crippen molar-refractivity contribution in [2.45, 2.75) is 38.7 Å². The molecule has 11 heavy (non-hydrogen) atoms. The summed E-state index contributed by atoms with van der Waals surface area (Å²) < 4.78 is 0. The van der Waals surface area contributed by atoms with E-state index in [2.05, 4.69) is 0 Å². The monoisotopic (exact) mass is 154 g/mol. The summed E-state index contributed by atoms with van der Waals surface area (Å²) in [5, 5.41) is 9.62. The summed E-state index contributed by atoms with van der Waals surface area (Å²) in [7, 11) is 0. The number of aliphatic hydroxyl groups excluding tert-OH is 1. The smallest absolute Gasteiger partial charge is 0.138 e. The van der Waals surface area contributed by atoms with Crippen molar-refractivity contribution >= 4 is 5.78 Å². The average Bonchev–Trinajstić information content (AvgIpc) is 2.43. The first-order chi connectivity index (χ1) is 5.15. The largest absolute Gasteiger partial charge is 0.392 e. The van der Waals surface area contributed by atoms with Crippen molar-refractivity contribution in [2.75, 3.05) is 0 Å². The second kappa shape index (κ2) is 2.07. The molecule has 0 saturated heterocycles. The van der Waals surface area contributed by atoms with Crippen molar-refractivity contribution < 1.29 is 9.90 Å². The molecule has 0 aromatic carbocycles. The van der Waals surface area contributed by atoms with Gasteiger partial charge in [-0.15, -0.1) is 0 Å². The fourth-order valence-corrected chi connectivity index (χ4v) is 2.78. The fourth-order valence-electron chi connectivity index (χ4n) is 2.78. The van der Waals surface area contributed by atoms with Gasteiger partial charge in [0.25, 0.3) is 0 Å². The number of ketones is 1. The molecule has 2 bridgehead atoms. The Labute approximate surface area is 66.6 Å². The maximum Gasteiger partial charge on any atom is 0.138 e. The zero-order valence-electron chi connectivity index (χ0n) is 6.84. The van der Waals surface area contributed by atoms with Crippen molar-refractivity contribution in [3.8, 4) is 0 Å². The number of carbonyl (C=O) groups is 1. The molecule has 1 N–H and O–H groups in total. The molecule has 0 aliphatic heterocycles. The predicted molar refractivity (Wildman–Crippen MR) is 41.1 cm³/mol. The van der Waals surface area contributed by atoms with Crippen LogP contribution < -0.4 is 0 Å². The van der Waals surface area contributed by atoms with Crippen LogP contribution in [0, 0.1) is 11.3 Å². The van der Waals surface area contributed by atoms with Gasteiger partial charge in [-0.2, -0.15) is 0 Å². The van der Waals surface area contributed by atoms with Crippen LogP contribution in [-0.2, 0) is 4.79 Å². The highest BCUT2D eigenvalue weighted by atomic mass is 16.3. The first kappa shape index (κ1) is 7.29. The van der Waals surface area contributed by atoms with E-state index < -0.39 is 0 Å². The van der Waals surface area contributed by atoms with Crippen LogP contribution in [0.2, 0.25) is 0 Å². The second-order valence-electron chi connectivity index (χ2n) is 4.07. The molecule has 2 nitrogen and oxygen atoms in total. The number of fused-ring (bicyclic) bond motifs is 2. The second-order valence-corrected chi connectivity index (χ2v) is 4.07. The minimum atomic E-state index is -0.334. The van der Waals surface area contributed by atoms with Crippen LogP contribution in [-0.4, -0.2) is 17.0 Å². The standard InChI is InChI=1S/C9H14O2/c1-6(10)9-3-2-7(5-9)4-8(9)11/h7-8,11H,2-5H2,1H3. The summed E-state index contributed by atoms with van der Waals surface area (Å²) in [5.41, 5.74) is -0.315. The molecule has 2 rings (SSSR count). The zero-order valence-corrected chi connectivity index (χ0v) is 6.84. The van der Waals surface area contributed by atoms with E-state index in [0.29, 0.717) is 5.92 Å². The molecule has 2 fully saturated rings. The van der Waals surface area contributed by atoms with Crippen molar-refractivity contribution in [2.24, 2.45) is 11.3 Å². The van der Waals surface area contributed by atoms with Crippen LogP contribution >= 0.6 is 0 Å². The van der Waals surface area contributed by atoms with E-state index in [1.165, 1.54) is 0 Å². The minimum Gasteiger partial charge on any atom is -0.392 e. The molecule has 0 radical (unpaired) electrons. The molecule has 0 aromatic rings. The summed E-state index contributed by atoms with van der Waals surface area (Å²) in [4.78, 5) is 11.3. The summed E-state index contributed by atoms with van der Waals surface area (Å²) >= 11 is 0. The maximum absolute atomic E-state index is 11.3. The van der Waals surface area contributed by atoms with Crippen molar-refractivity contribution in [3.63, 3.8) is 0 Å². The first-order valence-corrected chi connectivity index (χ1v) is 4.34. The normalized spacial score (nSPS) is 48.2. The Hall–Kier alpha value is -0.370. The van der Waals surface area contributed by atoms with Gasteiger partial charge in [0.2, 0.25) is 0 Å². The van der Waals surface area contributed by atoms with Crippen molar-refractivity contribution in [1.82, 2.24) is 0 Å². The van der Waals surface area contributed by atoms with Crippen molar-refractivity contribution in [3.05, 3.63) is 0 Å². The first-order valence-electron chi connectivity index (χ1n) is 4.34. The Morgan fingerprint density at radius 3 is 2.64 bits per heavy atom. The van der Waals surface area contributed by atoms with E-state index in [0.717, 1.165) is 25.7 Å². The zero-order chi connectivity index (χ0) is 8.06. The van der Waals surface area contributed by atoms with Crippen LogP contribution in [0.25, 0.3) is 0 Å². The van der Waals surface area contributed by atoms with Gasteiger partial charge in [-0.05, 0) is 38.5 Å². The average molecular weight is 154 g/mol. The molecular formula is C9H14O2. The molecule has 62 valence electrons. The lowest BCUT2D eigenvalue weighted by Crippen LogP contribution is -2.36. The lowest BCUT2D eigenvalue weighted by Gasteiger charge is -2.28. The molecule has 2 aliphatic carbocycles. The number of hydrogen-bond acceptors (Lipinski definition) is 2. The van der Waals surface area contributed by atoms with Crippen LogP contribution in [0.15, 0.2) is 0 Å². The Balaban J connectivity index is 2.29. The highest BCUT2D eigenvalue weighted by molar-refractivity contribution is 5.83. The Bertz CT molecular complexity index is 200. The Morgan fingerprint density at radius 1 is 1.64 bits per heavy atom. The van der Waals surface area contributed by atoms with Crippen LogP contribution in [0.4, 0.5) is 0 Å². The lowest BCUT2D eigenvalue weighted by molar-refractivity contribution is -0.131. The van der Waals surface area contributed by atoms with Crippen LogP contribution in [0.1, 0.15) is 32.6 Å². The quantitative estimate of drug-likeness (QED) is 0.614. The molecule has 3 atom stereocenters. The third kappa shape index (κ3) is 0.791. The van der Waals surface area contributed by atoms with Gasteiger partial charge in [0.05, 0.1) is 11.5 Å². The highest BCUT2D eigenvalue weighted by Crippen LogP contribution is 2.54. The summed E-state index contributed by atoms with van der Waals surface area (Å²) in [5.74, 6) is 0.832. The van der Waals surface area contributed by atoms with Gasteiger partial charge in [0, 0.05) is 0 Å². The van der Waals surface area contributed by atoms with Gasteiger partial charge >= 0.3 is 0 Å². The maximum atomic E-state index is 11.3. The summed E-state index contributed by atoms with van der Waals surface area (Å²) in [6, 6.07) is 0. The van der Waals surface area contributed by atoms with Crippen molar-refractivity contribution in [1.29, 1.82) is 0 Å². The van der Waals surface area contributed by atoms with E-state index in [4.69, 9.17) is 0 Å². The number of rotatable bonds is 1. The van der Waals surface area contributed by atoms with E-state index >= 15 is 0 Å². The van der Waals surface area contributed by atoms with Crippen LogP contribution in [0.5, 0.6) is 0 Å². The Kier molecular flexibility index (Phi) is 1.37. The Morgan fingerprint density at radius 2 is 2.36 bits per heavy atom. The lowest BCUT2D eigenvalue weighted by atomic mass is 9.78. The van der Waals surface area contributed by atoms with Crippen LogP contribution in [0.3, 0.4) is 0 Å². The topological polar surface area (TPSA) is 37.3 Å². The van der Waals surface area contributed by atoms with Gasteiger partial charge in [-0.3, -0.25) is 4.79 Å². The molecule has 3 unspecified atom stereocenters. The number of carbonyl (C=O) groups excluding carboxylic acids is 1. The molecule has 0 heterocycles. The van der Waals surface area contributed by atoms with Gasteiger partial charge in [0.1, 0.15) is 5.78 Å². The molecule has 0 amide bonds. The molecular weight excluding hydrogens is 140 g/mol. The number of aliphatic hydroxyl groups is 1. The van der Waals surface area contributed by atoms with E-state index in [1.807, 2.05) is 0 Å². The molecule has 0 spiro atoms. The van der Waals surface area contributed by atoms with Gasteiger partial charge in [-0.25, -0.2) is 0 Å². The van der Waals surface area contributed by atoms with E-state index in [1.54, 1.807) is 6.92 Å². The molecule has 0 aromatic heterocycles. The molecule has 2 aliphatic rings. The minimum absolute atomic E-state index is 0.199. The third-order valence-corrected chi connectivity index (χ3v) is 3.55. The number of hydrogen-bond donors (Lipinski definition) is 1. The molecule has 2 saturated carbocycles.